The highest BCUT2D eigenvalue weighted by Gasteiger charge is 2.31. The van der Waals surface area contributed by atoms with Gasteiger partial charge >= 0.3 is 5.97 Å². The van der Waals surface area contributed by atoms with Crippen LogP contribution in [0.2, 0.25) is 0 Å². The van der Waals surface area contributed by atoms with E-state index >= 15 is 0 Å². The number of hydroxylamine groups is 2. The molecule has 2 atom stereocenters. The van der Waals surface area contributed by atoms with Crippen LogP contribution in [0.25, 0.3) is 0 Å². The second-order valence-corrected chi connectivity index (χ2v) is 5.71. The van der Waals surface area contributed by atoms with Gasteiger partial charge in [0.05, 0.1) is 11.5 Å². The molecule has 1 rings (SSSR count). The van der Waals surface area contributed by atoms with Crippen LogP contribution < -0.4 is 0 Å². The van der Waals surface area contributed by atoms with E-state index in [1.165, 1.54) is 0 Å². The van der Waals surface area contributed by atoms with Gasteiger partial charge in [-0.2, -0.15) is 5.26 Å². The fourth-order valence-corrected chi connectivity index (χ4v) is 1.85. The zero-order chi connectivity index (χ0) is 13.8. The summed E-state index contributed by atoms with van der Waals surface area (Å²) in [7, 11) is 0. The molecule has 0 amide bonds. The van der Waals surface area contributed by atoms with E-state index in [1.54, 1.807) is 25.8 Å². The molecule has 0 aromatic heterocycles. The van der Waals surface area contributed by atoms with Crippen molar-refractivity contribution in [2.24, 2.45) is 17.3 Å². The summed E-state index contributed by atoms with van der Waals surface area (Å²) in [6.45, 7) is 6.49. The lowest BCUT2D eigenvalue weighted by molar-refractivity contribution is -0.208. The smallest absolute Gasteiger partial charge is 0.330 e. The third-order valence-electron chi connectivity index (χ3n) is 3.05. The minimum absolute atomic E-state index is 0.0472. The van der Waals surface area contributed by atoms with Crippen molar-refractivity contribution >= 4 is 12.3 Å². The van der Waals surface area contributed by atoms with E-state index in [9.17, 15) is 9.59 Å². The summed E-state index contributed by atoms with van der Waals surface area (Å²) in [5.41, 5.74) is -0.549. The number of nitrogens with zero attached hydrogens (tertiary/aromatic N) is 2. The van der Waals surface area contributed by atoms with Crippen LogP contribution in [-0.4, -0.2) is 30.4 Å². The molecular weight excluding hydrogens is 232 g/mol. The number of nitriles is 1. The van der Waals surface area contributed by atoms with Gasteiger partial charge in [0.25, 0.3) is 0 Å². The first-order valence-corrected chi connectivity index (χ1v) is 6.20. The summed E-state index contributed by atoms with van der Waals surface area (Å²) in [5, 5.41) is 10.4. The van der Waals surface area contributed by atoms with Gasteiger partial charge in [0, 0.05) is 13.1 Å². The Morgan fingerprint density at radius 3 is 2.72 bits per heavy atom. The number of piperidine rings is 1. The molecule has 0 aromatic rings. The van der Waals surface area contributed by atoms with E-state index in [0.717, 1.165) is 12.8 Å². The van der Waals surface area contributed by atoms with Gasteiger partial charge in [0.1, 0.15) is 12.2 Å². The predicted octanol–water partition coefficient (Wildman–Crippen LogP) is 1.54. The van der Waals surface area contributed by atoms with E-state index in [-0.39, 0.29) is 11.9 Å². The molecule has 0 spiro atoms. The Morgan fingerprint density at radius 2 is 2.22 bits per heavy atom. The Kier molecular flexibility index (Phi) is 4.85. The molecule has 100 valence electrons. The molecule has 0 aliphatic carbocycles. The lowest BCUT2D eigenvalue weighted by Gasteiger charge is -2.33. The zero-order valence-corrected chi connectivity index (χ0v) is 11.2. The van der Waals surface area contributed by atoms with Gasteiger partial charge in [-0.3, -0.25) is 0 Å². The Hall–Kier alpha value is -1.41. The number of carbonyl (C=O) groups excluding carboxylic acids is 2. The lowest BCUT2D eigenvalue weighted by Crippen LogP contribution is -2.42. The SMILES string of the molecule is CC(C)(C)C(=O)ON1CCCC(C(C#N)C=O)C1. The van der Waals surface area contributed by atoms with Gasteiger partial charge in [-0.25, -0.2) is 4.79 Å². The molecule has 0 saturated carbocycles. The molecule has 0 N–H and O–H groups in total. The summed E-state index contributed by atoms with van der Waals surface area (Å²) >= 11 is 0. The number of hydrogen-bond acceptors (Lipinski definition) is 5. The Labute approximate surface area is 108 Å². The van der Waals surface area contributed by atoms with Gasteiger partial charge in [0.2, 0.25) is 0 Å². The minimum Gasteiger partial charge on any atom is -0.367 e. The number of carbonyl (C=O) groups is 2. The molecule has 5 heteroatoms. The molecule has 5 nitrogen and oxygen atoms in total. The summed E-state index contributed by atoms with van der Waals surface area (Å²) in [6.07, 6.45) is 2.33. The van der Waals surface area contributed by atoms with E-state index in [0.29, 0.717) is 19.4 Å². The predicted molar refractivity (Wildman–Crippen MR) is 65.0 cm³/mol. The fraction of sp³-hybridized carbons (Fsp3) is 0.769. The number of rotatable bonds is 3. The van der Waals surface area contributed by atoms with Crippen molar-refractivity contribution in [2.75, 3.05) is 13.1 Å². The van der Waals surface area contributed by atoms with Crippen molar-refractivity contribution in [2.45, 2.75) is 33.6 Å². The molecule has 0 bridgehead atoms. The van der Waals surface area contributed by atoms with Gasteiger partial charge in [-0.15, -0.1) is 5.06 Å². The normalized spacial score (nSPS) is 22.9. The zero-order valence-electron chi connectivity index (χ0n) is 11.2. The monoisotopic (exact) mass is 252 g/mol. The Morgan fingerprint density at radius 1 is 1.56 bits per heavy atom. The van der Waals surface area contributed by atoms with Crippen molar-refractivity contribution in [3.63, 3.8) is 0 Å². The summed E-state index contributed by atoms with van der Waals surface area (Å²) in [5.74, 6) is -0.946. The van der Waals surface area contributed by atoms with Gasteiger partial charge < -0.3 is 9.63 Å². The summed E-state index contributed by atoms with van der Waals surface area (Å²) in [4.78, 5) is 27.8. The average Bonchev–Trinajstić information content (AvgIpc) is 2.30. The van der Waals surface area contributed by atoms with Crippen LogP contribution in [0.1, 0.15) is 33.6 Å². The number of aldehydes is 1. The molecule has 1 fully saturated rings. The maximum Gasteiger partial charge on any atom is 0.330 e. The molecule has 1 heterocycles. The van der Waals surface area contributed by atoms with Crippen LogP contribution in [-0.2, 0) is 14.4 Å². The van der Waals surface area contributed by atoms with Crippen molar-refractivity contribution in [1.29, 1.82) is 5.26 Å². The van der Waals surface area contributed by atoms with Gasteiger partial charge in [-0.1, -0.05) is 0 Å². The summed E-state index contributed by atoms with van der Waals surface area (Å²) in [6, 6.07) is 1.99. The average molecular weight is 252 g/mol. The van der Waals surface area contributed by atoms with E-state index in [1.807, 2.05) is 6.07 Å². The second kappa shape index (κ2) is 5.96. The van der Waals surface area contributed by atoms with Crippen LogP contribution >= 0.6 is 0 Å². The van der Waals surface area contributed by atoms with Crippen molar-refractivity contribution in [3.8, 4) is 6.07 Å². The molecule has 18 heavy (non-hydrogen) atoms. The molecular formula is C13H20N2O3. The van der Waals surface area contributed by atoms with Crippen LogP contribution in [0.4, 0.5) is 0 Å². The highest BCUT2D eigenvalue weighted by Crippen LogP contribution is 2.24. The maximum absolute atomic E-state index is 11.7. The quantitative estimate of drug-likeness (QED) is 0.712. The van der Waals surface area contributed by atoms with Crippen molar-refractivity contribution in [1.82, 2.24) is 5.06 Å². The summed E-state index contributed by atoms with van der Waals surface area (Å²) < 4.78 is 0. The van der Waals surface area contributed by atoms with Crippen molar-refractivity contribution < 1.29 is 14.4 Å². The highest BCUT2D eigenvalue weighted by atomic mass is 16.7. The third kappa shape index (κ3) is 3.81. The maximum atomic E-state index is 11.7. The van der Waals surface area contributed by atoms with E-state index < -0.39 is 11.3 Å². The molecule has 0 radical (unpaired) electrons. The molecule has 0 aromatic carbocycles. The topological polar surface area (TPSA) is 70.4 Å². The van der Waals surface area contributed by atoms with Gasteiger partial charge in [-0.05, 0) is 39.5 Å². The third-order valence-corrected chi connectivity index (χ3v) is 3.05. The second-order valence-electron chi connectivity index (χ2n) is 5.71. The molecule has 2 unspecified atom stereocenters. The molecule has 1 aliphatic heterocycles. The van der Waals surface area contributed by atoms with Crippen LogP contribution in [0.15, 0.2) is 0 Å². The number of hydrogen-bond donors (Lipinski definition) is 0. The minimum atomic E-state index is -0.610. The molecule has 1 saturated heterocycles. The highest BCUT2D eigenvalue weighted by molar-refractivity contribution is 5.75. The van der Waals surface area contributed by atoms with E-state index in [2.05, 4.69) is 0 Å². The lowest BCUT2D eigenvalue weighted by atomic mass is 9.88. The fourth-order valence-electron chi connectivity index (χ4n) is 1.85. The largest absolute Gasteiger partial charge is 0.367 e. The first-order valence-electron chi connectivity index (χ1n) is 6.20. The Bertz CT molecular complexity index is 354. The van der Waals surface area contributed by atoms with Crippen LogP contribution in [0.5, 0.6) is 0 Å². The van der Waals surface area contributed by atoms with Gasteiger partial charge in [0.15, 0.2) is 0 Å². The first kappa shape index (κ1) is 14.7. The van der Waals surface area contributed by atoms with E-state index in [4.69, 9.17) is 10.1 Å². The standard InChI is InChI=1S/C13H20N2O3/c1-13(2,3)12(17)18-15-6-4-5-10(8-15)11(7-14)9-16/h9-11H,4-6,8H2,1-3H3. The van der Waals surface area contributed by atoms with Crippen LogP contribution in [0, 0.1) is 28.6 Å². The van der Waals surface area contributed by atoms with Crippen molar-refractivity contribution in [3.05, 3.63) is 0 Å². The Balaban J connectivity index is 2.57. The first-order chi connectivity index (χ1) is 8.38. The van der Waals surface area contributed by atoms with Crippen LogP contribution in [0.3, 0.4) is 0 Å². The molecule has 1 aliphatic rings.